The molecule has 2 heterocycles. The van der Waals surface area contributed by atoms with E-state index in [4.69, 9.17) is 11.6 Å². The molecule has 1 aliphatic rings. The maximum absolute atomic E-state index is 6.23. The minimum atomic E-state index is 0.794. The third kappa shape index (κ3) is 2.89. The van der Waals surface area contributed by atoms with Gasteiger partial charge in [0.1, 0.15) is 0 Å². The fourth-order valence-electron chi connectivity index (χ4n) is 2.81. The van der Waals surface area contributed by atoms with Crippen LogP contribution >= 0.6 is 23.4 Å². The zero-order chi connectivity index (χ0) is 16.5. The van der Waals surface area contributed by atoms with Crippen molar-refractivity contribution in [2.24, 2.45) is 0 Å². The molecular formula is C18H17ClN4S. The zero-order valence-electron chi connectivity index (χ0n) is 13.3. The summed E-state index contributed by atoms with van der Waals surface area (Å²) in [6.45, 7) is 3.92. The fourth-order valence-corrected chi connectivity index (χ4v) is 4.06. The van der Waals surface area contributed by atoms with Crippen LogP contribution in [0.15, 0.2) is 53.7 Å². The first-order valence-electron chi connectivity index (χ1n) is 7.86. The molecule has 0 aliphatic carbocycles. The molecule has 6 heteroatoms. The lowest BCUT2D eigenvalue weighted by molar-refractivity contribution is 0.704. The van der Waals surface area contributed by atoms with Gasteiger partial charge in [-0.3, -0.25) is 4.57 Å². The number of rotatable bonds is 4. The Balaban J connectivity index is 1.53. The van der Waals surface area contributed by atoms with Crippen LogP contribution in [0.2, 0.25) is 5.02 Å². The number of anilines is 2. The molecule has 4 rings (SSSR count). The smallest absolute Gasteiger partial charge is 0.232 e. The molecule has 0 spiro atoms. The second-order valence-electron chi connectivity index (χ2n) is 5.80. The van der Waals surface area contributed by atoms with Crippen LogP contribution in [-0.4, -0.2) is 21.3 Å². The van der Waals surface area contributed by atoms with Crippen molar-refractivity contribution < 1.29 is 0 Å². The van der Waals surface area contributed by atoms with E-state index in [1.165, 1.54) is 5.56 Å². The lowest BCUT2D eigenvalue weighted by Gasteiger charge is -2.15. The van der Waals surface area contributed by atoms with Crippen LogP contribution in [0.5, 0.6) is 0 Å². The van der Waals surface area contributed by atoms with E-state index in [1.807, 2.05) is 18.2 Å². The van der Waals surface area contributed by atoms with E-state index in [-0.39, 0.29) is 0 Å². The molecular weight excluding hydrogens is 340 g/mol. The summed E-state index contributed by atoms with van der Waals surface area (Å²) in [6.07, 6.45) is 0. The van der Waals surface area contributed by atoms with Gasteiger partial charge in [-0.2, -0.15) is 0 Å². The molecule has 0 bridgehead atoms. The largest absolute Gasteiger partial charge is 0.309 e. The summed E-state index contributed by atoms with van der Waals surface area (Å²) in [5.74, 6) is 1.71. The first-order chi connectivity index (χ1) is 11.7. The summed E-state index contributed by atoms with van der Waals surface area (Å²) < 4.78 is 2.18. The molecule has 0 amide bonds. The van der Waals surface area contributed by atoms with Gasteiger partial charge in [-0.1, -0.05) is 59.3 Å². The van der Waals surface area contributed by atoms with Crippen molar-refractivity contribution in [3.63, 3.8) is 0 Å². The average Bonchev–Trinajstić information content (AvgIpc) is 3.17. The van der Waals surface area contributed by atoms with E-state index in [0.29, 0.717) is 0 Å². The predicted molar refractivity (Wildman–Crippen MR) is 99.2 cm³/mol. The van der Waals surface area contributed by atoms with E-state index >= 15 is 0 Å². The first kappa shape index (κ1) is 15.5. The van der Waals surface area contributed by atoms with Gasteiger partial charge < -0.3 is 4.90 Å². The van der Waals surface area contributed by atoms with E-state index in [1.54, 1.807) is 11.8 Å². The van der Waals surface area contributed by atoms with Crippen molar-refractivity contribution in [1.82, 2.24) is 14.8 Å². The number of thioether (sulfide) groups is 1. The van der Waals surface area contributed by atoms with Gasteiger partial charge in [-0.15, -0.1) is 10.2 Å². The Kier molecular flexibility index (Phi) is 4.21. The highest BCUT2D eigenvalue weighted by Crippen LogP contribution is 2.33. The number of halogens is 1. The average molecular weight is 357 g/mol. The highest BCUT2D eigenvalue weighted by atomic mass is 35.5. The van der Waals surface area contributed by atoms with Crippen LogP contribution < -0.4 is 4.90 Å². The highest BCUT2D eigenvalue weighted by Gasteiger charge is 2.25. The summed E-state index contributed by atoms with van der Waals surface area (Å²) in [7, 11) is 0. The summed E-state index contributed by atoms with van der Waals surface area (Å²) in [4.78, 5) is 2.21. The van der Waals surface area contributed by atoms with Gasteiger partial charge in [0.05, 0.1) is 0 Å². The SMILES string of the molecule is Cc1ccc(N2CCn3c(SCc4ccccc4Cl)nnc32)cc1. The second kappa shape index (κ2) is 6.49. The maximum Gasteiger partial charge on any atom is 0.232 e. The van der Waals surface area contributed by atoms with Gasteiger partial charge >= 0.3 is 0 Å². The molecule has 0 radical (unpaired) electrons. The Hall–Kier alpha value is -1.98. The van der Waals surface area contributed by atoms with Gasteiger partial charge in [0, 0.05) is 29.6 Å². The van der Waals surface area contributed by atoms with Gasteiger partial charge in [-0.05, 0) is 30.7 Å². The summed E-state index contributed by atoms with van der Waals surface area (Å²) in [6, 6.07) is 16.5. The summed E-state index contributed by atoms with van der Waals surface area (Å²) in [5.41, 5.74) is 3.54. The molecule has 24 heavy (non-hydrogen) atoms. The molecule has 0 saturated carbocycles. The Labute approximate surface area is 150 Å². The van der Waals surface area contributed by atoms with Crippen LogP contribution in [0.4, 0.5) is 11.6 Å². The second-order valence-corrected chi connectivity index (χ2v) is 7.15. The molecule has 3 aromatic rings. The number of aromatic nitrogens is 3. The number of nitrogens with zero attached hydrogens (tertiary/aromatic N) is 4. The minimum Gasteiger partial charge on any atom is -0.309 e. The first-order valence-corrected chi connectivity index (χ1v) is 9.22. The zero-order valence-corrected chi connectivity index (χ0v) is 14.9. The molecule has 2 aromatic carbocycles. The highest BCUT2D eigenvalue weighted by molar-refractivity contribution is 7.98. The van der Waals surface area contributed by atoms with Gasteiger partial charge in [-0.25, -0.2) is 0 Å². The summed E-state index contributed by atoms with van der Waals surface area (Å²) >= 11 is 7.91. The van der Waals surface area contributed by atoms with E-state index in [9.17, 15) is 0 Å². The van der Waals surface area contributed by atoms with Crippen LogP contribution in [0, 0.1) is 6.92 Å². The molecule has 122 valence electrons. The molecule has 0 N–H and O–H groups in total. The monoisotopic (exact) mass is 356 g/mol. The lowest BCUT2D eigenvalue weighted by atomic mass is 10.2. The van der Waals surface area contributed by atoms with Crippen LogP contribution in [0.25, 0.3) is 0 Å². The number of hydrogen-bond donors (Lipinski definition) is 0. The maximum atomic E-state index is 6.23. The minimum absolute atomic E-state index is 0.794. The van der Waals surface area contributed by atoms with Gasteiger partial charge in [0.15, 0.2) is 5.16 Å². The Bertz CT molecular complexity index is 860. The van der Waals surface area contributed by atoms with Crippen LogP contribution in [0.1, 0.15) is 11.1 Å². The molecule has 1 aromatic heterocycles. The number of benzene rings is 2. The Morgan fingerprint density at radius 2 is 1.83 bits per heavy atom. The normalized spacial score (nSPS) is 13.3. The third-order valence-corrected chi connectivity index (χ3v) is 5.53. The van der Waals surface area contributed by atoms with Crippen molar-refractivity contribution in [3.8, 4) is 0 Å². The molecule has 0 fully saturated rings. The van der Waals surface area contributed by atoms with E-state index < -0.39 is 0 Å². The summed E-state index contributed by atoms with van der Waals surface area (Å²) in [5, 5.41) is 10.5. The molecule has 4 nitrogen and oxygen atoms in total. The van der Waals surface area contributed by atoms with Crippen LogP contribution in [-0.2, 0) is 12.3 Å². The van der Waals surface area contributed by atoms with Crippen molar-refractivity contribution in [2.75, 3.05) is 11.4 Å². The van der Waals surface area contributed by atoms with Gasteiger partial charge in [0.25, 0.3) is 0 Å². The molecule has 0 atom stereocenters. The molecule has 0 saturated heterocycles. The Morgan fingerprint density at radius 3 is 2.62 bits per heavy atom. The van der Waals surface area contributed by atoms with Crippen molar-refractivity contribution in [2.45, 2.75) is 24.4 Å². The Morgan fingerprint density at radius 1 is 1.04 bits per heavy atom. The third-order valence-electron chi connectivity index (χ3n) is 4.15. The van der Waals surface area contributed by atoms with Crippen molar-refractivity contribution in [1.29, 1.82) is 0 Å². The molecule has 1 aliphatic heterocycles. The lowest BCUT2D eigenvalue weighted by Crippen LogP contribution is -2.14. The standard InChI is InChI=1S/C18H17ClN4S/c1-13-6-8-15(9-7-13)22-10-11-23-17(22)20-21-18(23)24-12-14-4-2-3-5-16(14)19/h2-9H,10-12H2,1H3. The fraction of sp³-hybridized carbons (Fsp3) is 0.222. The quantitative estimate of drug-likeness (QED) is 0.635. The van der Waals surface area contributed by atoms with Crippen molar-refractivity contribution in [3.05, 3.63) is 64.7 Å². The molecule has 0 unspecified atom stereocenters. The number of aryl methyl sites for hydroxylation is 1. The van der Waals surface area contributed by atoms with Crippen molar-refractivity contribution >= 4 is 35.0 Å². The van der Waals surface area contributed by atoms with Gasteiger partial charge in [0.2, 0.25) is 5.95 Å². The van der Waals surface area contributed by atoms with E-state index in [2.05, 4.69) is 56.9 Å². The van der Waals surface area contributed by atoms with E-state index in [0.717, 1.165) is 46.2 Å². The predicted octanol–water partition coefficient (Wildman–Crippen LogP) is 4.68. The topological polar surface area (TPSA) is 34.0 Å². The van der Waals surface area contributed by atoms with Crippen LogP contribution in [0.3, 0.4) is 0 Å². The number of fused-ring (bicyclic) bond motifs is 1. The number of hydrogen-bond acceptors (Lipinski definition) is 4.